The zero-order valence-electron chi connectivity index (χ0n) is 9.60. The molecule has 0 spiro atoms. The van der Waals surface area contributed by atoms with Crippen LogP contribution in [0.2, 0.25) is 0 Å². The summed E-state index contributed by atoms with van der Waals surface area (Å²) >= 11 is 0. The number of aliphatic hydroxyl groups excluding tert-OH is 3. The predicted octanol–water partition coefficient (Wildman–Crippen LogP) is 1.09. The molecule has 0 fully saturated rings. The van der Waals surface area contributed by atoms with Crippen molar-refractivity contribution < 1.29 is 57.6 Å². The third kappa shape index (κ3) is 192. The average Bonchev–Trinajstić information content (AvgIpc) is 2.35. The summed E-state index contributed by atoms with van der Waals surface area (Å²) in [7, 11) is -11.9. The molecular weight excluding hydrogens is 406 g/mol. The summed E-state index contributed by atoms with van der Waals surface area (Å²) in [4.78, 5) is 21.8. The smallest absolute Gasteiger partial charge is 0.156 e. The topological polar surface area (TPSA) is 179 Å². The standard InChI is InChI=1S/C3H9O3P.F6P.Fe.3NO/c4-1-7(2-5)3-6;1-7(2,3,4,5)6;;3*1-2/h4-6H,1-3H2;;;;;/q;-1;;;;/p+1. The maximum absolute atomic E-state index is 10.7. The molecule has 0 aliphatic carbocycles. The molecule has 0 saturated heterocycles. The summed E-state index contributed by atoms with van der Waals surface area (Å²) in [5, 5.41) is 24.8. The van der Waals surface area contributed by atoms with Gasteiger partial charge in [-0.1, -0.05) is 0 Å². The molecule has 0 amide bonds. The minimum absolute atomic E-state index is 0. The molecule has 3 N–H and O–H groups in total. The summed E-state index contributed by atoms with van der Waals surface area (Å²) in [6, 6.07) is 0. The van der Waals surface area contributed by atoms with Crippen molar-refractivity contribution in [3.8, 4) is 0 Å². The summed E-state index contributed by atoms with van der Waals surface area (Å²) in [5.41, 5.74) is 17.2. The van der Waals surface area contributed by atoms with Crippen LogP contribution in [0.3, 0.4) is 0 Å². The summed E-state index contributed by atoms with van der Waals surface area (Å²) < 4.78 is 59.2. The van der Waals surface area contributed by atoms with Gasteiger partial charge >= 0.3 is 33.0 Å². The van der Waals surface area contributed by atoms with E-state index >= 15 is 0 Å². The Bertz CT molecular complexity index is 197. The van der Waals surface area contributed by atoms with Crippen LogP contribution in [0.25, 0.3) is 0 Å². The molecular formula is C3H10F6FeN3O6P2. The van der Waals surface area contributed by atoms with E-state index in [0.29, 0.717) is 0 Å². The largest absolute Gasteiger partial charge is 0.362 e. The van der Waals surface area contributed by atoms with Gasteiger partial charge in [-0.05, 0) is 0 Å². The fourth-order valence-electron chi connectivity index (χ4n) is 0.150. The number of nitrogens with zero attached hydrogens (tertiary/aromatic N) is 3. The van der Waals surface area contributed by atoms with Gasteiger partial charge in [-0.2, -0.15) is 0 Å². The molecule has 0 saturated carbocycles. The number of halogens is 6. The number of aliphatic hydroxyl groups is 3. The quantitative estimate of drug-likeness (QED) is 0.352. The van der Waals surface area contributed by atoms with Crippen molar-refractivity contribution in [3.05, 3.63) is 14.7 Å². The first-order valence-corrected chi connectivity index (χ1v) is 7.72. The third-order valence-electron chi connectivity index (χ3n) is 0.671. The number of hydrogen-bond acceptors (Lipinski definition) is 6. The molecule has 0 aliphatic rings. The van der Waals surface area contributed by atoms with E-state index in [1.807, 2.05) is 0 Å². The minimum Gasteiger partial charge on any atom is -0.362 e. The Hall–Kier alpha value is -0.361. The normalized spacial score (nSPS) is 11.7. The molecule has 9 nitrogen and oxygen atoms in total. The van der Waals surface area contributed by atoms with Crippen molar-refractivity contribution in [2.45, 2.75) is 0 Å². The molecule has 18 heteroatoms. The monoisotopic (exact) mass is 416 g/mol. The van der Waals surface area contributed by atoms with Crippen LogP contribution in [0.5, 0.6) is 0 Å². The van der Waals surface area contributed by atoms with E-state index in [2.05, 4.69) is 0 Å². The first kappa shape index (κ1) is 37.1. The SMILES string of the molecule is F[P-](F)(F)(F)(F)F.OC[PH+](CO)CO.[Fe].[N]=O.[N]=O.[N]=O. The second-order valence-electron chi connectivity index (χ2n) is 2.18. The average molecular weight is 416 g/mol. The Labute approximate surface area is 124 Å². The van der Waals surface area contributed by atoms with Crippen molar-refractivity contribution in [1.82, 2.24) is 16.8 Å². The molecule has 0 rings (SSSR count). The minimum atomic E-state index is -10.7. The molecule has 21 heavy (non-hydrogen) atoms. The number of nitroso groups, excluding NO2 is 3. The molecule has 0 aromatic rings. The molecule has 0 aromatic heterocycles. The van der Waals surface area contributed by atoms with E-state index in [9.17, 15) is 25.2 Å². The fraction of sp³-hybridized carbons (Fsp3) is 1.00. The van der Waals surface area contributed by atoms with Gasteiger partial charge in [0.25, 0.3) is 0 Å². The van der Waals surface area contributed by atoms with Crippen LogP contribution in [-0.2, 0) is 17.1 Å². The maximum Gasteiger partial charge on any atom is 0.156 e. The van der Waals surface area contributed by atoms with Crippen molar-refractivity contribution in [3.63, 3.8) is 0 Å². The number of hydrogen-bond donors (Lipinski definition) is 3. The maximum atomic E-state index is 9.87. The van der Waals surface area contributed by atoms with E-state index in [4.69, 9.17) is 46.8 Å². The van der Waals surface area contributed by atoms with Gasteiger partial charge in [0.15, 0.2) is 19.0 Å². The van der Waals surface area contributed by atoms with Crippen LogP contribution < -0.4 is 16.8 Å². The second-order valence-corrected chi connectivity index (χ2v) is 6.55. The van der Waals surface area contributed by atoms with E-state index in [-0.39, 0.29) is 36.1 Å². The molecule has 0 aromatic carbocycles. The molecule has 0 unspecified atom stereocenters. The Morgan fingerprint density at radius 3 is 0.762 bits per heavy atom. The van der Waals surface area contributed by atoms with Gasteiger partial charge < -0.3 is 15.3 Å². The van der Waals surface area contributed by atoms with Gasteiger partial charge in [-0.3, -0.25) is 0 Å². The molecule has 0 bridgehead atoms. The van der Waals surface area contributed by atoms with Crippen molar-refractivity contribution >= 4 is 15.7 Å². The summed E-state index contributed by atoms with van der Waals surface area (Å²) in [5.74, 6) is 0. The van der Waals surface area contributed by atoms with Gasteiger partial charge in [0.1, 0.15) is 16.8 Å². The van der Waals surface area contributed by atoms with Crippen LogP contribution in [0.1, 0.15) is 0 Å². The van der Waals surface area contributed by atoms with Crippen LogP contribution in [0.15, 0.2) is 0 Å². The zero-order chi connectivity index (χ0) is 18.1. The zero-order valence-corrected chi connectivity index (χ0v) is 12.6. The molecule has 3 radical (unpaired) electrons. The predicted molar refractivity (Wildman–Crippen MR) is 59.6 cm³/mol. The summed E-state index contributed by atoms with van der Waals surface area (Å²) in [6.45, 7) is 0. The van der Waals surface area contributed by atoms with Crippen molar-refractivity contribution in [1.29, 1.82) is 0 Å². The van der Waals surface area contributed by atoms with E-state index < -0.39 is 15.7 Å². The van der Waals surface area contributed by atoms with Gasteiger partial charge in [-0.25, -0.2) is 0 Å². The van der Waals surface area contributed by atoms with Gasteiger partial charge in [0, 0.05) is 17.1 Å². The van der Waals surface area contributed by atoms with Gasteiger partial charge in [0.05, 0.1) is 7.92 Å². The van der Waals surface area contributed by atoms with E-state index in [1.54, 1.807) is 0 Å². The van der Waals surface area contributed by atoms with Crippen LogP contribution >= 0.6 is 15.7 Å². The van der Waals surface area contributed by atoms with Crippen LogP contribution in [-0.4, -0.2) is 34.4 Å². The first-order chi connectivity index (χ1) is 8.80. The van der Waals surface area contributed by atoms with Crippen LogP contribution in [0.4, 0.5) is 25.2 Å². The Morgan fingerprint density at radius 1 is 0.667 bits per heavy atom. The van der Waals surface area contributed by atoms with Crippen LogP contribution in [0, 0.1) is 14.7 Å². The van der Waals surface area contributed by atoms with E-state index in [0.717, 1.165) is 0 Å². The van der Waals surface area contributed by atoms with Crippen molar-refractivity contribution in [2.24, 2.45) is 0 Å². The molecule has 133 valence electrons. The fourth-order valence-corrected chi connectivity index (χ4v) is 0.450. The van der Waals surface area contributed by atoms with Gasteiger partial charge in [-0.15, -0.1) is 14.7 Å². The van der Waals surface area contributed by atoms with Gasteiger partial charge in [0.2, 0.25) is 0 Å². The molecule has 0 atom stereocenters. The van der Waals surface area contributed by atoms with Crippen molar-refractivity contribution in [2.75, 3.05) is 19.0 Å². The third-order valence-corrected chi connectivity index (χ3v) is 2.01. The molecule has 0 aliphatic heterocycles. The Balaban J connectivity index is -0.0000000381. The molecule has 0 heterocycles. The second kappa shape index (κ2) is 16.0. The first-order valence-electron chi connectivity index (χ1n) is 3.57. The Morgan fingerprint density at radius 2 is 0.762 bits per heavy atom. The number of rotatable bonds is 3. The summed E-state index contributed by atoms with van der Waals surface area (Å²) in [6.07, 6.45) is -0.132. The Kier molecular flexibility index (Phi) is 28.3. The van der Waals surface area contributed by atoms with E-state index in [1.165, 1.54) is 0 Å².